The number of amides is 2. The molecular weight excluding hydrogens is 371 g/mol. The molecule has 0 spiro atoms. The van der Waals surface area contributed by atoms with Gasteiger partial charge in [-0.25, -0.2) is 4.79 Å². The molecule has 2 atom stereocenters. The molecule has 1 heterocycles. The van der Waals surface area contributed by atoms with Crippen molar-refractivity contribution in [2.75, 3.05) is 18.4 Å². The highest BCUT2D eigenvalue weighted by atomic mass is 35.5. The monoisotopic (exact) mass is 381 g/mol. The minimum absolute atomic E-state index is 0.164. The van der Waals surface area contributed by atoms with E-state index in [-0.39, 0.29) is 10.7 Å². The van der Waals surface area contributed by atoms with E-state index in [1.54, 1.807) is 0 Å². The number of benzene rings is 1. The summed E-state index contributed by atoms with van der Waals surface area (Å²) in [5.74, 6) is -5.64. The number of rotatable bonds is 3. The molecule has 0 aromatic heterocycles. The van der Waals surface area contributed by atoms with Gasteiger partial charge in [-0.2, -0.15) is 13.2 Å². The molecule has 1 aromatic rings. The van der Waals surface area contributed by atoms with Crippen LogP contribution in [-0.2, 0) is 4.79 Å². The standard InChI is InChI=1S/C13H11ClF3N3O5/c14-10-8(2-1-3-9(10)20(24)25)18-12(23)19-4-6(11(21)22)7(5-19)13(15,16)17/h1-3,6-7H,4-5H2,(H,18,23)(H,21,22)/t6-,7-/m1/s1. The van der Waals surface area contributed by atoms with E-state index in [9.17, 15) is 32.9 Å². The Bertz CT molecular complexity index is 727. The SMILES string of the molecule is O=C(O)[C@@H]1CN(C(=O)Nc2cccc([N+](=O)[O-])c2Cl)C[C@H]1C(F)(F)F. The smallest absolute Gasteiger partial charge is 0.394 e. The second-order valence-electron chi connectivity index (χ2n) is 5.32. The number of hydrogen-bond acceptors (Lipinski definition) is 4. The van der Waals surface area contributed by atoms with Gasteiger partial charge in [-0.15, -0.1) is 0 Å². The summed E-state index contributed by atoms with van der Waals surface area (Å²) in [6.07, 6.45) is -4.78. The van der Waals surface area contributed by atoms with Gasteiger partial charge in [0.05, 0.1) is 22.4 Å². The van der Waals surface area contributed by atoms with Gasteiger partial charge in [0.15, 0.2) is 0 Å². The third kappa shape index (κ3) is 3.92. The number of halogens is 4. The van der Waals surface area contributed by atoms with Gasteiger partial charge in [0, 0.05) is 19.2 Å². The number of carboxylic acid groups (broad SMARTS) is 1. The Morgan fingerprint density at radius 2 is 2.00 bits per heavy atom. The van der Waals surface area contributed by atoms with E-state index in [1.165, 1.54) is 12.1 Å². The molecule has 1 aliphatic rings. The highest BCUT2D eigenvalue weighted by Crippen LogP contribution is 2.38. The van der Waals surface area contributed by atoms with Crippen molar-refractivity contribution < 1.29 is 32.8 Å². The molecular formula is C13H11ClF3N3O5. The van der Waals surface area contributed by atoms with Crippen molar-refractivity contribution in [1.29, 1.82) is 0 Å². The Kier molecular flexibility index (Phi) is 5.07. The lowest BCUT2D eigenvalue weighted by Gasteiger charge is -2.19. The van der Waals surface area contributed by atoms with Crippen LogP contribution in [0.2, 0.25) is 5.02 Å². The van der Waals surface area contributed by atoms with Gasteiger partial charge in [0.25, 0.3) is 5.69 Å². The van der Waals surface area contributed by atoms with Gasteiger partial charge in [-0.05, 0) is 6.07 Å². The predicted molar refractivity (Wildman–Crippen MR) is 79.4 cm³/mol. The Balaban J connectivity index is 2.19. The molecule has 136 valence electrons. The quantitative estimate of drug-likeness (QED) is 0.617. The largest absolute Gasteiger partial charge is 0.481 e. The summed E-state index contributed by atoms with van der Waals surface area (Å²) in [5.41, 5.74) is -0.652. The number of likely N-dealkylation sites (tertiary alicyclic amines) is 1. The number of urea groups is 1. The molecule has 0 bridgehead atoms. The second kappa shape index (κ2) is 6.75. The molecule has 2 rings (SSSR count). The Labute approximate surface area is 143 Å². The van der Waals surface area contributed by atoms with Crippen LogP contribution >= 0.6 is 11.6 Å². The minimum Gasteiger partial charge on any atom is -0.481 e. The van der Waals surface area contributed by atoms with Gasteiger partial charge < -0.3 is 15.3 Å². The Morgan fingerprint density at radius 3 is 2.48 bits per heavy atom. The molecule has 2 amide bonds. The van der Waals surface area contributed by atoms with Crippen molar-refractivity contribution in [3.05, 3.63) is 33.3 Å². The normalized spacial score (nSPS) is 20.4. The lowest BCUT2D eigenvalue weighted by molar-refractivity contribution is -0.384. The number of carboxylic acids is 1. The maximum absolute atomic E-state index is 12.9. The lowest BCUT2D eigenvalue weighted by atomic mass is 9.96. The van der Waals surface area contributed by atoms with Crippen molar-refractivity contribution in [3.63, 3.8) is 0 Å². The number of carbonyl (C=O) groups excluding carboxylic acids is 1. The zero-order valence-electron chi connectivity index (χ0n) is 12.3. The average Bonchev–Trinajstić information content (AvgIpc) is 2.94. The average molecular weight is 382 g/mol. The van der Waals surface area contributed by atoms with Crippen LogP contribution in [0.4, 0.5) is 29.3 Å². The van der Waals surface area contributed by atoms with Crippen molar-refractivity contribution >= 4 is 35.0 Å². The number of nitrogens with one attached hydrogen (secondary N) is 1. The molecule has 0 saturated carbocycles. The van der Waals surface area contributed by atoms with E-state index in [2.05, 4.69) is 5.32 Å². The molecule has 1 aliphatic heterocycles. The zero-order valence-corrected chi connectivity index (χ0v) is 13.0. The van der Waals surface area contributed by atoms with Crippen LogP contribution < -0.4 is 5.32 Å². The maximum atomic E-state index is 12.9. The number of nitrogens with zero attached hydrogens (tertiary/aromatic N) is 2. The number of hydrogen-bond donors (Lipinski definition) is 2. The summed E-state index contributed by atoms with van der Waals surface area (Å²) < 4.78 is 38.8. The summed E-state index contributed by atoms with van der Waals surface area (Å²) in [5, 5.41) is 21.5. The molecule has 0 aliphatic carbocycles. The number of nitro benzene ring substituents is 1. The van der Waals surface area contributed by atoms with Crippen LogP contribution in [-0.4, -0.2) is 46.2 Å². The van der Waals surface area contributed by atoms with Crippen LogP contribution in [0.5, 0.6) is 0 Å². The molecule has 0 radical (unpaired) electrons. The van der Waals surface area contributed by atoms with Gasteiger partial charge in [0.2, 0.25) is 0 Å². The summed E-state index contributed by atoms with van der Waals surface area (Å²) in [6.45, 7) is -1.48. The summed E-state index contributed by atoms with van der Waals surface area (Å²) in [7, 11) is 0. The van der Waals surface area contributed by atoms with Gasteiger partial charge >= 0.3 is 18.2 Å². The number of nitro groups is 1. The molecule has 1 saturated heterocycles. The second-order valence-corrected chi connectivity index (χ2v) is 5.70. The summed E-state index contributed by atoms with van der Waals surface area (Å²) >= 11 is 5.79. The summed E-state index contributed by atoms with van der Waals surface area (Å²) in [4.78, 5) is 33.8. The van der Waals surface area contributed by atoms with Crippen LogP contribution in [0.25, 0.3) is 0 Å². The number of alkyl halides is 3. The van der Waals surface area contributed by atoms with E-state index in [0.29, 0.717) is 4.90 Å². The van der Waals surface area contributed by atoms with Crippen molar-refractivity contribution in [2.24, 2.45) is 11.8 Å². The van der Waals surface area contributed by atoms with E-state index in [4.69, 9.17) is 16.7 Å². The first-order valence-corrected chi connectivity index (χ1v) is 7.18. The zero-order chi connectivity index (χ0) is 18.9. The van der Waals surface area contributed by atoms with E-state index < -0.39 is 53.7 Å². The van der Waals surface area contributed by atoms with Gasteiger partial charge in [-0.3, -0.25) is 14.9 Å². The number of anilines is 1. The van der Waals surface area contributed by atoms with Gasteiger partial charge in [0.1, 0.15) is 5.02 Å². The molecule has 25 heavy (non-hydrogen) atoms. The fourth-order valence-electron chi connectivity index (χ4n) is 2.50. The first kappa shape index (κ1) is 18.8. The third-order valence-corrected chi connectivity index (χ3v) is 4.16. The third-order valence-electron chi connectivity index (χ3n) is 3.76. The van der Waals surface area contributed by atoms with Gasteiger partial charge in [-0.1, -0.05) is 17.7 Å². The number of aliphatic carboxylic acids is 1. The Hall–Kier alpha value is -2.56. The molecule has 1 fully saturated rings. The highest BCUT2D eigenvalue weighted by Gasteiger charge is 2.53. The Morgan fingerprint density at radius 1 is 1.36 bits per heavy atom. The fourth-order valence-corrected chi connectivity index (χ4v) is 2.75. The molecule has 12 heteroatoms. The molecule has 8 nitrogen and oxygen atoms in total. The number of carbonyl (C=O) groups is 2. The van der Waals surface area contributed by atoms with Crippen molar-refractivity contribution in [1.82, 2.24) is 4.90 Å². The van der Waals surface area contributed by atoms with Crippen LogP contribution in [0.1, 0.15) is 0 Å². The first-order valence-electron chi connectivity index (χ1n) is 6.80. The van der Waals surface area contributed by atoms with Crippen molar-refractivity contribution in [2.45, 2.75) is 6.18 Å². The van der Waals surface area contributed by atoms with E-state index in [0.717, 1.165) is 6.07 Å². The van der Waals surface area contributed by atoms with Crippen LogP contribution in [0, 0.1) is 22.0 Å². The topological polar surface area (TPSA) is 113 Å². The van der Waals surface area contributed by atoms with Crippen molar-refractivity contribution in [3.8, 4) is 0 Å². The van der Waals surface area contributed by atoms with E-state index >= 15 is 0 Å². The minimum atomic E-state index is -4.78. The molecule has 1 aromatic carbocycles. The maximum Gasteiger partial charge on any atom is 0.394 e. The lowest BCUT2D eigenvalue weighted by Crippen LogP contribution is -2.35. The fraction of sp³-hybridized carbons (Fsp3) is 0.385. The predicted octanol–water partition coefficient (Wildman–Crippen LogP) is 2.98. The highest BCUT2D eigenvalue weighted by molar-refractivity contribution is 6.35. The molecule has 2 N–H and O–H groups in total. The van der Waals surface area contributed by atoms with E-state index in [1.807, 2.05) is 0 Å². The van der Waals surface area contributed by atoms with Crippen LogP contribution in [0.3, 0.4) is 0 Å². The van der Waals surface area contributed by atoms with Crippen LogP contribution in [0.15, 0.2) is 18.2 Å². The molecule has 0 unspecified atom stereocenters. The summed E-state index contributed by atoms with van der Waals surface area (Å²) in [6, 6.07) is 2.54. The first-order chi connectivity index (χ1) is 11.5.